The first kappa shape index (κ1) is 13.4. The molecular weight excluding hydrogens is 254 g/mol. The van der Waals surface area contributed by atoms with Gasteiger partial charge in [0.2, 0.25) is 5.72 Å². The first-order valence-electron chi connectivity index (χ1n) is 7.12. The van der Waals surface area contributed by atoms with Gasteiger partial charge in [-0.2, -0.15) is 0 Å². The molecule has 0 radical (unpaired) electrons. The van der Waals surface area contributed by atoms with E-state index in [2.05, 4.69) is 16.8 Å². The summed E-state index contributed by atoms with van der Waals surface area (Å²) >= 11 is 0. The van der Waals surface area contributed by atoms with Gasteiger partial charge < -0.3 is 15.4 Å². The van der Waals surface area contributed by atoms with Crippen LogP contribution in [0, 0.1) is 0 Å². The lowest BCUT2D eigenvalue weighted by atomic mass is 9.95. The van der Waals surface area contributed by atoms with Crippen molar-refractivity contribution in [3.8, 4) is 5.75 Å². The average molecular weight is 275 g/mol. The van der Waals surface area contributed by atoms with Crippen molar-refractivity contribution in [2.24, 2.45) is 5.73 Å². The van der Waals surface area contributed by atoms with Crippen molar-refractivity contribution >= 4 is 5.91 Å². The SMILES string of the molecule is CN1CCN(C2(C(N)=O)CCc3ccccc3O2)CC1. The lowest BCUT2D eigenvalue weighted by Gasteiger charge is -2.46. The molecule has 108 valence electrons. The van der Waals surface area contributed by atoms with E-state index in [1.807, 2.05) is 24.3 Å². The maximum atomic E-state index is 12.1. The lowest BCUT2D eigenvalue weighted by Crippen LogP contribution is -2.66. The number of primary amides is 1. The normalized spacial score (nSPS) is 27.6. The fourth-order valence-electron chi connectivity index (χ4n) is 3.07. The standard InChI is InChI=1S/C15H21N3O2/c1-17-8-10-18(11-9-17)15(14(16)19)7-6-12-4-2-3-5-13(12)20-15/h2-5H,6-11H2,1H3,(H2,16,19). The monoisotopic (exact) mass is 275 g/mol. The largest absolute Gasteiger partial charge is 0.463 e. The number of likely N-dealkylation sites (N-methyl/N-ethyl adjacent to an activating group) is 1. The molecular formula is C15H21N3O2. The van der Waals surface area contributed by atoms with E-state index in [1.54, 1.807) is 0 Å². The number of rotatable bonds is 2. The summed E-state index contributed by atoms with van der Waals surface area (Å²) < 4.78 is 6.09. The summed E-state index contributed by atoms with van der Waals surface area (Å²) in [5.41, 5.74) is 5.88. The number of hydrogen-bond acceptors (Lipinski definition) is 4. The third-order valence-electron chi connectivity index (χ3n) is 4.38. The Labute approximate surface area is 119 Å². The minimum Gasteiger partial charge on any atom is -0.463 e. The molecule has 1 atom stereocenters. The van der Waals surface area contributed by atoms with Gasteiger partial charge in [0.15, 0.2) is 0 Å². The van der Waals surface area contributed by atoms with E-state index in [0.717, 1.165) is 43.9 Å². The summed E-state index contributed by atoms with van der Waals surface area (Å²) in [6.45, 7) is 3.48. The van der Waals surface area contributed by atoms with Gasteiger partial charge in [-0.25, -0.2) is 0 Å². The molecule has 1 unspecified atom stereocenters. The zero-order valence-corrected chi connectivity index (χ0v) is 11.8. The van der Waals surface area contributed by atoms with E-state index in [4.69, 9.17) is 10.5 Å². The summed E-state index contributed by atoms with van der Waals surface area (Å²) in [4.78, 5) is 16.5. The topological polar surface area (TPSA) is 58.8 Å². The van der Waals surface area contributed by atoms with Crippen molar-refractivity contribution in [3.63, 3.8) is 0 Å². The van der Waals surface area contributed by atoms with Crippen molar-refractivity contribution in [2.75, 3.05) is 33.2 Å². The van der Waals surface area contributed by atoms with Crippen LogP contribution in [0.25, 0.3) is 0 Å². The zero-order chi connectivity index (χ0) is 14.2. The Morgan fingerprint density at radius 1 is 1.25 bits per heavy atom. The molecule has 2 N–H and O–H groups in total. The Kier molecular flexibility index (Phi) is 3.40. The Morgan fingerprint density at radius 3 is 2.65 bits per heavy atom. The van der Waals surface area contributed by atoms with Gasteiger partial charge in [0.05, 0.1) is 0 Å². The van der Waals surface area contributed by atoms with E-state index in [-0.39, 0.29) is 5.91 Å². The highest BCUT2D eigenvalue weighted by atomic mass is 16.5. The molecule has 0 aromatic heterocycles. The van der Waals surface area contributed by atoms with Gasteiger partial charge in [-0.15, -0.1) is 0 Å². The number of piperazine rings is 1. The van der Waals surface area contributed by atoms with Crippen LogP contribution in [0.1, 0.15) is 12.0 Å². The second-order valence-electron chi connectivity index (χ2n) is 5.65. The van der Waals surface area contributed by atoms with Crippen LogP contribution in [0.2, 0.25) is 0 Å². The number of para-hydroxylation sites is 1. The van der Waals surface area contributed by atoms with E-state index in [9.17, 15) is 4.79 Å². The minimum absolute atomic E-state index is 0.378. The minimum atomic E-state index is -0.977. The summed E-state index contributed by atoms with van der Waals surface area (Å²) in [6.07, 6.45) is 1.45. The molecule has 0 spiro atoms. The Bertz CT molecular complexity index is 512. The van der Waals surface area contributed by atoms with Crippen LogP contribution >= 0.6 is 0 Å². The fraction of sp³-hybridized carbons (Fsp3) is 0.533. The number of aryl methyl sites for hydroxylation is 1. The number of nitrogens with zero attached hydrogens (tertiary/aromatic N) is 2. The number of carbonyl (C=O) groups is 1. The Balaban J connectivity index is 1.89. The van der Waals surface area contributed by atoms with Gasteiger partial charge in [0.1, 0.15) is 5.75 Å². The zero-order valence-electron chi connectivity index (χ0n) is 11.8. The van der Waals surface area contributed by atoms with Crippen LogP contribution in [0.5, 0.6) is 5.75 Å². The van der Waals surface area contributed by atoms with E-state index < -0.39 is 5.72 Å². The van der Waals surface area contributed by atoms with Gasteiger partial charge in [-0.1, -0.05) is 18.2 Å². The Hall–Kier alpha value is -1.59. The van der Waals surface area contributed by atoms with Crippen LogP contribution in [0.3, 0.4) is 0 Å². The molecule has 1 saturated heterocycles. The van der Waals surface area contributed by atoms with Crippen molar-refractivity contribution in [1.29, 1.82) is 0 Å². The molecule has 0 saturated carbocycles. The molecule has 1 aromatic rings. The molecule has 5 heteroatoms. The van der Waals surface area contributed by atoms with Gasteiger partial charge in [-0.3, -0.25) is 9.69 Å². The van der Waals surface area contributed by atoms with Crippen molar-refractivity contribution in [2.45, 2.75) is 18.6 Å². The molecule has 2 heterocycles. The molecule has 1 aromatic carbocycles. The van der Waals surface area contributed by atoms with Gasteiger partial charge >= 0.3 is 0 Å². The van der Waals surface area contributed by atoms with E-state index in [1.165, 1.54) is 0 Å². The van der Waals surface area contributed by atoms with E-state index >= 15 is 0 Å². The van der Waals surface area contributed by atoms with E-state index in [0.29, 0.717) is 6.42 Å². The number of carbonyl (C=O) groups excluding carboxylic acids is 1. The maximum Gasteiger partial charge on any atom is 0.277 e. The van der Waals surface area contributed by atoms with Crippen molar-refractivity contribution < 1.29 is 9.53 Å². The lowest BCUT2D eigenvalue weighted by molar-refractivity contribution is -0.161. The second-order valence-corrected chi connectivity index (χ2v) is 5.65. The fourth-order valence-corrected chi connectivity index (χ4v) is 3.07. The molecule has 2 aliphatic rings. The second kappa shape index (κ2) is 5.07. The molecule has 20 heavy (non-hydrogen) atoms. The number of fused-ring (bicyclic) bond motifs is 1. The molecule has 1 fully saturated rings. The first-order chi connectivity index (χ1) is 9.62. The predicted octanol–water partition coefficient (Wildman–Crippen LogP) is 0.441. The number of benzene rings is 1. The third kappa shape index (κ3) is 2.17. The highest BCUT2D eigenvalue weighted by Gasteiger charge is 2.47. The summed E-state index contributed by atoms with van der Waals surface area (Å²) in [5.74, 6) is 0.410. The first-order valence-corrected chi connectivity index (χ1v) is 7.12. The molecule has 0 bridgehead atoms. The van der Waals surface area contributed by atoms with Crippen LogP contribution in [-0.2, 0) is 11.2 Å². The predicted molar refractivity (Wildman–Crippen MR) is 76.4 cm³/mol. The van der Waals surface area contributed by atoms with Crippen LogP contribution in [0.15, 0.2) is 24.3 Å². The molecule has 1 amide bonds. The molecule has 0 aliphatic carbocycles. The van der Waals surface area contributed by atoms with Gasteiger partial charge in [0, 0.05) is 32.6 Å². The molecule has 5 nitrogen and oxygen atoms in total. The summed E-state index contributed by atoms with van der Waals surface area (Å²) in [6, 6.07) is 7.89. The Morgan fingerprint density at radius 2 is 1.95 bits per heavy atom. The quantitative estimate of drug-likeness (QED) is 0.851. The highest BCUT2D eigenvalue weighted by Crippen LogP contribution is 2.35. The van der Waals surface area contributed by atoms with Crippen LogP contribution < -0.4 is 10.5 Å². The number of nitrogens with two attached hydrogens (primary N) is 1. The van der Waals surface area contributed by atoms with Crippen LogP contribution in [-0.4, -0.2) is 54.7 Å². The van der Waals surface area contributed by atoms with Crippen molar-refractivity contribution in [3.05, 3.63) is 29.8 Å². The van der Waals surface area contributed by atoms with Crippen LogP contribution in [0.4, 0.5) is 0 Å². The van der Waals surface area contributed by atoms with Gasteiger partial charge in [0.25, 0.3) is 5.91 Å². The summed E-state index contributed by atoms with van der Waals surface area (Å²) in [5, 5.41) is 0. The average Bonchev–Trinajstić information content (AvgIpc) is 2.47. The number of amides is 1. The molecule has 2 aliphatic heterocycles. The third-order valence-corrected chi connectivity index (χ3v) is 4.38. The number of ether oxygens (including phenoxy) is 1. The smallest absolute Gasteiger partial charge is 0.277 e. The maximum absolute atomic E-state index is 12.1. The summed E-state index contributed by atoms with van der Waals surface area (Å²) in [7, 11) is 2.09. The number of hydrogen-bond donors (Lipinski definition) is 1. The molecule has 3 rings (SSSR count). The highest BCUT2D eigenvalue weighted by molar-refractivity contribution is 5.84. The van der Waals surface area contributed by atoms with Gasteiger partial charge in [-0.05, 0) is 25.1 Å². The van der Waals surface area contributed by atoms with Crippen molar-refractivity contribution in [1.82, 2.24) is 9.80 Å².